The van der Waals surface area contributed by atoms with E-state index in [9.17, 15) is 4.79 Å². The summed E-state index contributed by atoms with van der Waals surface area (Å²) in [5, 5.41) is 0. The molecule has 0 saturated carbocycles. The standard InChI is InChI=1S/C10H15O2/c1-5-7-9(6-2)12-10(11)8(3)4/h7H,2-3,5-6H2,1,4H3. The summed E-state index contributed by atoms with van der Waals surface area (Å²) in [5.74, 6) is 0.240. The molecule has 0 aliphatic rings. The Hall–Kier alpha value is -1.05. The van der Waals surface area contributed by atoms with E-state index in [2.05, 4.69) is 13.5 Å². The second-order valence-corrected chi connectivity index (χ2v) is 2.50. The number of rotatable bonds is 4. The van der Waals surface area contributed by atoms with E-state index in [4.69, 9.17) is 4.74 Å². The van der Waals surface area contributed by atoms with Crippen molar-refractivity contribution in [3.05, 3.63) is 30.9 Å². The number of allylic oxidation sites excluding steroid dienone is 2. The third-order valence-corrected chi connectivity index (χ3v) is 1.25. The van der Waals surface area contributed by atoms with Crippen LogP contribution in [0, 0.1) is 6.92 Å². The van der Waals surface area contributed by atoms with Gasteiger partial charge >= 0.3 is 5.97 Å². The first-order valence-corrected chi connectivity index (χ1v) is 3.97. The highest BCUT2D eigenvalue weighted by Gasteiger charge is 2.04. The van der Waals surface area contributed by atoms with Gasteiger partial charge in [0.05, 0.1) is 0 Å². The van der Waals surface area contributed by atoms with Gasteiger partial charge in [0, 0.05) is 12.0 Å². The first kappa shape index (κ1) is 11.0. The Labute approximate surface area is 73.9 Å². The van der Waals surface area contributed by atoms with Crippen LogP contribution in [0.2, 0.25) is 0 Å². The summed E-state index contributed by atoms with van der Waals surface area (Å²) in [6.07, 6.45) is 3.18. The number of esters is 1. The topological polar surface area (TPSA) is 26.3 Å². The summed E-state index contributed by atoms with van der Waals surface area (Å²) in [5.41, 5.74) is 0.408. The van der Waals surface area contributed by atoms with Crippen LogP contribution >= 0.6 is 0 Å². The van der Waals surface area contributed by atoms with Crippen molar-refractivity contribution in [3.63, 3.8) is 0 Å². The van der Waals surface area contributed by atoms with Crippen molar-refractivity contribution in [2.75, 3.05) is 0 Å². The minimum absolute atomic E-state index is 0.377. The summed E-state index contributed by atoms with van der Waals surface area (Å²) in [6, 6.07) is 0. The molecule has 12 heavy (non-hydrogen) atoms. The fourth-order valence-corrected chi connectivity index (χ4v) is 0.629. The average molecular weight is 167 g/mol. The summed E-state index contributed by atoms with van der Waals surface area (Å²) in [6.45, 7) is 10.7. The maximum absolute atomic E-state index is 11.0. The highest BCUT2D eigenvalue weighted by Crippen LogP contribution is 2.06. The van der Waals surface area contributed by atoms with Crippen molar-refractivity contribution >= 4 is 5.97 Å². The Morgan fingerprint density at radius 3 is 2.50 bits per heavy atom. The van der Waals surface area contributed by atoms with Gasteiger partial charge in [0.1, 0.15) is 5.76 Å². The summed E-state index contributed by atoms with van der Waals surface area (Å²) in [7, 11) is 0. The van der Waals surface area contributed by atoms with Gasteiger partial charge in [-0.05, 0) is 26.3 Å². The zero-order chi connectivity index (χ0) is 9.56. The van der Waals surface area contributed by atoms with Gasteiger partial charge in [0.2, 0.25) is 0 Å². The minimum atomic E-state index is -0.377. The van der Waals surface area contributed by atoms with Crippen LogP contribution in [0.25, 0.3) is 0 Å². The smallest absolute Gasteiger partial charge is 0.338 e. The lowest BCUT2D eigenvalue weighted by atomic mass is 10.3. The Morgan fingerprint density at radius 2 is 2.17 bits per heavy atom. The van der Waals surface area contributed by atoms with E-state index in [1.807, 2.05) is 13.0 Å². The van der Waals surface area contributed by atoms with E-state index < -0.39 is 0 Å². The molecule has 0 aliphatic carbocycles. The third kappa shape index (κ3) is 3.96. The molecular formula is C10H15O2. The summed E-state index contributed by atoms with van der Waals surface area (Å²) >= 11 is 0. The summed E-state index contributed by atoms with van der Waals surface area (Å²) in [4.78, 5) is 11.0. The minimum Gasteiger partial charge on any atom is -0.428 e. The second-order valence-electron chi connectivity index (χ2n) is 2.50. The quantitative estimate of drug-likeness (QED) is 0.365. The first-order valence-electron chi connectivity index (χ1n) is 3.97. The number of ether oxygens (including phenoxy) is 1. The molecule has 0 rings (SSSR count). The molecule has 0 aromatic rings. The number of hydrogen-bond donors (Lipinski definition) is 0. The zero-order valence-electron chi connectivity index (χ0n) is 7.72. The SMILES string of the molecule is [CH2]CC(=CCC)OC(=O)C(=C)C. The van der Waals surface area contributed by atoms with Gasteiger partial charge < -0.3 is 4.74 Å². The molecule has 1 radical (unpaired) electrons. The molecular weight excluding hydrogens is 152 g/mol. The molecule has 0 atom stereocenters. The Bertz CT molecular complexity index is 202. The molecule has 0 amide bonds. The first-order chi connectivity index (χ1) is 5.61. The number of carbonyl (C=O) groups is 1. The van der Waals surface area contributed by atoms with Crippen LogP contribution in [-0.4, -0.2) is 5.97 Å². The Kier molecular flexibility index (Phi) is 5.09. The monoisotopic (exact) mass is 167 g/mol. The predicted molar refractivity (Wildman–Crippen MR) is 49.3 cm³/mol. The Morgan fingerprint density at radius 1 is 1.58 bits per heavy atom. The van der Waals surface area contributed by atoms with Gasteiger partial charge in [-0.3, -0.25) is 0 Å². The van der Waals surface area contributed by atoms with Crippen LogP contribution in [0.3, 0.4) is 0 Å². The van der Waals surface area contributed by atoms with Crippen molar-refractivity contribution in [1.82, 2.24) is 0 Å². The number of carbonyl (C=O) groups excluding carboxylic acids is 1. The fourth-order valence-electron chi connectivity index (χ4n) is 0.629. The fraction of sp³-hybridized carbons (Fsp3) is 0.400. The number of hydrogen-bond acceptors (Lipinski definition) is 2. The van der Waals surface area contributed by atoms with Crippen LogP contribution in [0.15, 0.2) is 24.0 Å². The molecule has 0 saturated heterocycles. The van der Waals surface area contributed by atoms with E-state index in [0.29, 0.717) is 17.8 Å². The van der Waals surface area contributed by atoms with E-state index >= 15 is 0 Å². The molecule has 0 spiro atoms. The molecule has 0 aliphatic heterocycles. The van der Waals surface area contributed by atoms with E-state index in [1.54, 1.807) is 6.92 Å². The molecule has 67 valence electrons. The summed E-state index contributed by atoms with van der Waals surface area (Å²) < 4.78 is 4.96. The molecule has 0 fully saturated rings. The lowest BCUT2D eigenvalue weighted by molar-refractivity contribution is -0.135. The highest BCUT2D eigenvalue weighted by molar-refractivity contribution is 5.87. The molecule has 0 heterocycles. The maximum atomic E-state index is 11.0. The van der Waals surface area contributed by atoms with Gasteiger partial charge in [-0.15, -0.1) is 0 Å². The lowest BCUT2D eigenvalue weighted by Gasteiger charge is -2.05. The van der Waals surface area contributed by atoms with Crippen LogP contribution in [0.5, 0.6) is 0 Å². The van der Waals surface area contributed by atoms with Crippen molar-refractivity contribution in [2.24, 2.45) is 0 Å². The Balaban J connectivity index is 4.12. The van der Waals surface area contributed by atoms with E-state index in [0.717, 1.165) is 6.42 Å². The van der Waals surface area contributed by atoms with Gasteiger partial charge in [-0.2, -0.15) is 0 Å². The van der Waals surface area contributed by atoms with Crippen LogP contribution in [0.4, 0.5) is 0 Å². The molecule has 0 N–H and O–H groups in total. The molecule has 2 heteroatoms. The van der Waals surface area contributed by atoms with Crippen LogP contribution < -0.4 is 0 Å². The lowest BCUT2D eigenvalue weighted by Crippen LogP contribution is -2.04. The largest absolute Gasteiger partial charge is 0.428 e. The van der Waals surface area contributed by atoms with Gasteiger partial charge in [0.25, 0.3) is 0 Å². The molecule has 2 nitrogen and oxygen atoms in total. The maximum Gasteiger partial charge on any atom is 0.338 e. The van der Waals surface area contributed by atoms with Crippen molar-refractivity contribution < 1.29 is 9.53 Å². The van der Waals surface area contributed by atoms with Gasteiger partial charge in [-0.25, -0.2) is 4.79 Å². The van der Waals surface area contributed by atoms with Crippen LogP contribution in [-0.2, 0) is 9.53 Å². The zero-order valence-corrected chi connectivity index (χ0v) is 7.72. The third-order valence-electron chi connectivity index (χ3n) is 1.25. The normalized spacial score (nSPS) is 11.1. The van der Waals surface area contributed by atoms with Gasteiger partial charge in [-0.1, -0.05) is 13.5 Å². The van der Waals surface area contributed by atoms with Crippen molar-refractivity contribution in [2.45, 2.75) is 26.7 Å². The second kappa shape index (κ2) is 5.58. The predicted octanol–water partition coefficient (Wildman–Crippen LogP) is 2.62. The van der Waals surface area contributed by atoms with Gasteiger partial charge in [0.15, 0.2) is 0 Å². The average Bonchev–Trinajstić information content (AvgIpc) is 2.03. The van der Waals surface area contributed by atoms with Crippen molar-refractivity contribution in [3.8, 4) is 0 Å². The van der Waals surface area contributed by atoms with Crippen LogP contribution in [0.1, 0.15) is 26.7 Å². The van der Waals surface area contributed by atoms with E-state index in [-0.39, 0.29) is 5.97 Å². The molecule has 0 aromatic heterocycles. The van der Waals surface area contributed by atoms with Crippen molar-refractivity contribution in [1.29, 1.82) is 0 Å². The molecule has 0 unspecified atom stereocenters. The molecule has 0 aromatic carbocycles. The van der Waals surface area contributed by atoms with E-state index in [1.165, 1.54) is 0 Å². The highest BCUT2D eigenvalue weighted by atomic mass is 16.5. The molecule has 0 bridgehead atoms.